The van der Waals surface area contributed by atoms with Crippen LogP contribution in [0.5, 0.6) is 0 Å². The summed E-state index contributed by atoms with van der Waals surface area (Å²) in [5.41, 5.74) is 0.979. The number of carbonyl (C=O) groups is 3. The van der Waals surface area contributed by atoms with E-state index in [-0.39, 0.29) is 29.6 Å². The highest BCUT2D eigenvalue weighted by molar-refractivity contribution is 6.07. The van der Waals surface area contributed by atoms with Crippen molar-refractivity contribution in [3.05, 3.63) is 48.0 Å². The molecular weight excluding hydrogens is 340 g/mol. The number of amides is 3. The third-order valence-electron chi connectivity index (χ3n) is 6.76. The van der Waals surface area contributed by atoms with E-state index in [2.05, 4.69) is 12.2 Å². The highest BCUT2D eigenvalue weighted by Crippen LogP contribution is 2.45. The molecule has 2 aliphatic carbocycles. The van der Waals surface area contributed by atoms with Crippen molar-refractivity contribution in [2.75, 3.05) is 6.54 Å². The monoisotopic (exact) mass is 364 g/mol. The molecule has 3 fully saturated rings. The van der Waals surface area contributed by atoms with Crippen LogP contribution in [0.15, 0.2) is 42.5 Å². The molecule has 1 aromatic rings. The molecule has 0 unspecified atom stereocenters. The first-order chi connectivity index (χ1) is 13.1. The molecule has 0 N–H and O–H groups in total. The van der Waals surface area contributed by atoms with Crippen LogP contribution in [0, 0.1) is 17.8 Å². The smallest absolute Gasteiger partial charge is 0.252 e. The van der Waals surface area contributed by atoms with Gasteiger partial charge in [-0.05, 0) is 43.1 Å². The number of hydrogen-bond donors (Lipinski definition) is 0. The van der Waals surface area contributed by atoms with Crippen molar-refractivity contribution in [3.8, 4) is 0 Å². The SMILES string of the molecule is O=C1[C@H](Cc2ccccc2)N(C(=O)[C@@H]2C[C@@H]3C=C[C@H]2C3)C(=O)[C@H]2CCCN12. The van der Waals surface area contributed by atoms with Crippen molar-refractivity contribution in [2.24, 2.45) is 17.8 Å². The van der Waals surface area contributed by atoms with Crippen LogP contribution in [-0.4, -0.2) is 46.1 Å². The van der Waals surface area contributed by atoms with Crippen LogP contribution in [0.3, 0.4) is 0 Å². The van der Waals surface area contributed by atoms with Gasteiger partial charge in [0.25, 0.3) is 5.91 Å². The predicted molar refractivity (Wildman–Crippen MR) is 99.4 cm³/mol. The number of rotatable bonds is 3. The van der Waals surface area contributed by atoms with Gasteiger partial charge in [-0.15, -0.1) is 0 Å². The first-order valence-corrected chi connectivity index (χ1v) is 10.0. The Morgan fingerprint density at radius 3 is 2.56 bits per heavy atom. The molecule has 2 aliphatic heterocycles. The van der Waals surface area contributed by atoms with Crippen LogP contribution in [0.1, 0.15) is 31.2 Å². The van der Waals surface area contributed by atoms with Gasteiger partial charge < -0.3 is 4.90 Å². The summed E-state index contributed by atoms with van der Waals surface area (Å²) < 4.78 is 0. The highest BCUT2D eigenvalue weighted by atomic mass is 16.2. The van der Waals surface area contributed by atoms with E-state index in [1.807, 2.05) is 30.3 Å². The van der Waals surface area contributed by atoms with Gasteiger partial charge in [-0.3, -0.25) is 19.3 Å². The molecule has 1 aromatic carbocycles. The molecule has 2 heterocycles. The molecule has 3 amide bonds. The Bertz CT molecular complexity index is 818. The van der Waals surface area contributed by atoms with Crippen LogP contribution in [0.25, 0.3) is 0 Å². The number of imide groups is 1. The lowest BCUT2D eigenvalue weighted by molar-refractivity contribution is -0.167. The van der Waals surface area contributed by atoms with E-state index in [1.165, 1.54) is 4.90 Å². The summed E-state index contributed by atoms with van der Waals surface area (Å²) in [6.07, 6.45) is 8.04. The van der Waals surface area contributed by atoms with E-state index in [9.17, 15) is 14.4 Å². The second-order valence-corrected chi connectivity index (χ2v) is 8.33. The summed E-state index contributed by atoms with van der Waals surface area (Å²) in [6.45, 7) is 0.624. The summed E-state index contributed by atoms with van der Waals surface area (Å²) in [5.74, 6) is 0.179. The Morgan fingerprint density at radius 2 is 1.85 bits per heavy atom. The maximum atomic E-state index is 13.4. The van der Waals surface area contributed by atoms with E-state index in [0.29, 0.717) is 25.3 Å². The number of benzene rings is 1. The van der Waals surface area contributed by atoms with E-state index < -0.39 is 12.1 Å². The fourth-order valence-electron chi connectivity index (χ4n) is 5.42. The molecule has 2 bridgehead atoms. The lowest BCUT2D eigenvalue weighted by Gasteiger charge is -2.42. The summed E-state index contributed by atoms with van der Waals surface area (Å²) in [6, 6.07) is 8.55. The second-order valence-electron chi connectivity index (χ2n) is 8.33. The van der Waals surface area contributed by atoms with Crippen LogP contribution in [-0.2, 0) is 20.8 Å². The van der Waals surface area contributed by atoms with Gasteiger partial charge in [-0.2, -0.15) is 0 Å². The molecule has 5 rings (SSSR count). The molecule has 5 nitrogen and oxygen atoms in total. The summed E-state index contributed by atoms with van der Waals surface area (Å²) >= 11 is 0. The molecule has 2 saturated heterocycles. The first-order valence-electron chi connectivity index (χ1n) is 10.0. The minimum Gasteiger partial charge on any atom is -0.329 e. The van der Waals surface area contributed by atoms with Crippen molar-refractivity contribution >= 4 is 17.7 Å². The van der Waals surface area contributed by atoms with Gasteiger partial charge in [-0.1, -0.05) is 42.5 Å². The molecule has 0 radical (unpaired) electrons. The van der Waals surface area contributed by atoms with E-state index in [1.54, 1.807) is 4.90 Å². The van der Waals surface area contributed by atoms with E-state index in [4.69, 9.17) is 0 Å². The Labute approximate surface area is 159 Å². The van der Waals surface area contributed by atoms with E-state index in [0.717, 1.165) is 24.8 Å². The molecule has 5 heteroatoms. The van der Waals surface area contributed by atoms with Gasteiger partial charge in [0.05, 0.1) is 0 Å². The van der Waals surface area contributed by atoms with Crippen LogP contribution in [0.2, 0.25) is 0 Å². The van der Waals surface area contributed by atoms with Gasteiger partial charge in [0.2, 0.25) is 11.8 Å². The predicted octanol–water partition coefficient (Wildman–Crippen LogP) is 2.17. The fraction of sp³-hybridized carbons (Fsp3) is 0.500. The number of piperazine rings is 1. The summed E-state index contributed by atoms with van der Waals surface area (Å²) in [7, 11) is 0. The topological polar surface area (TPSA) is 57.7 Å². The highest BCUT2D eigenvalue weighted by Gasteiger charge is 2.53. The van der Waals surface area contributed by atoms with Crippen LogP contribution in [0.4, 0.5) is 0 Å². The molecular formula is C22H24N2O3. The van der Waals surface area contributed by atoms with Gasteiger partial charge in [0.15, 0.2) is 0 Å². The van der Waals surface area contributed by atoms with Crippen molar-refractivity contribution < 1.29 is 14.4 Å². The maximum absolute atomic E-state index is 13.4. The summed E-state index contributed by atoms with van der Waals surface area (Å²) in [4.78, 5) is 43.0. The zero-order valence-electron chi connectivity index (χ0n) is 15.3. The second kappa shape index (κ2) is 6.32. The third-order valence-corrected chi connectivity index (χ3v) is 6.76. The Morgan fingerprint density at radius 1 is 1.04 bits per heavy atom. The number of fused-ring (bicyclic) bond motifs is 3. The Kier molecular flexibility index (Phi) is 3.92. The van der Waals surface area contributed by atoms with Gasteiger partial charge in [0, 0.05) is 18.9 Å². The fourth-order valence-corrected chi connectivity index (χ4v) is 5.42. The zero-order chi connectivity index (χ0) is 18.5. The standard InChI is InChI=1S/C22H24N2O3/c25-20(17-12-15-8-9-16(17)11-15)24-19(13-14-5-2-1-3-6-14)21(26)23-10-4-7-18(23)22(24)27/h1-3,5-6,8-9,15-19H,4,7,10-13H2/t15-,16+,17-,18-,19+/m1/s1. The molecule has 5 atom stereocenters. The minimum atomic E-state index is -0.704. The quantitative estimate of drug-likeness (QED) is 0.610. The van der Waals surface area contributed by atoms with Gasteiger partial charge >= 0.3 is 0 Å². The minimum absolute atomic E-state index is 0.0620. The normalized spacial score (nSPS) is 34.4. The van der Waals surface area contributed by atoms with Crippen molar-refractivity contribution in [2.45, 2.75) is 44.2 Å². The number of allylic oxidation sites excluding steroid dienone is 2. The Balaban J connectivity index is 1.48. The van der Waals surface area contributed by atoms with E-state index >= 15 is 0 Å². The summed E-state index contributed by atoms with van der Waals surface area (Å²) in [5, 5.41) is 0. The van der Waals surface area contributed by atoms with Crippen molar-refractivity contribution in [1.29, 1.82) is 0 Å². The average Bonchev–Trinajstić information content (AvgIpc) is 3.43. The molecule has 0 spiro atoms. The lowest BCUT2D eigenvalue weighted by Crippen LogP contribution is -2.65. The molecule has 140 valence electrons. The number of hydrogen-bond acceptors (Lipinski definition) is 3. The first kappa shape index (κ1) is 16.7. The van der Waals surface area contributed by atoms with Crippen LogP contribution >= 0.6 is 0 Å². The number of nitrogens with zero attached hydrogens (tertiary/aromatic N) is 2. The Hall–Kier alpha value is -2.43. The molecule has 0 aromatic heterocycles. The van der Waals surface area contributed by atoms with Gasteiger partial charge in [0.1, 0.15) is 12.1 Å². The average molecular weight is 364 g/mol. The van der Waals surface area contributed by atoms with Gasteiger partial charge in [-0.25, -0.2) is 0 Å². The molecule has 4 aliphatic rings. The van der Waals surface area contributed by atoms with Crippen LogP contribution < -0.4 is 0 Å². The third kappa shape index (κ3) is 2.63. The zero-order valence-corrected chi connectivity index (χ0v) is 15.3. The maximum Gasteiger partial charge on any atom is 0.252 e. The molecule has 1 saturated carbocycles. The number of carbonyl (C=O) groups excluding carboxylic acids is 3. The van der Waals surface area contributed by atoms with Crippen molar-refractivity contribution in [1.82, 2.24) is 9.80 Å². The van der Waals surface area contributed by atoms with Crippen molar-refractivity contribution in [3.63, 3.8) is 0 Å². The molecule has 27 heavy (non-hydrogen) atoms. The lowest BCUT2D eigenvalue weighted by atomic mass is 9.89. The largest absolute Gasteiger partial charge is 0.329 e.